The van der Waals surface area contributed by atoms with Crippen molar-refractivity contribution in [1.82, 2.24) is 0 Å². The first-order valence-corrected chi connectivity index (χ1v) is 9.49. The first-order chi connectivity index (χ1) is 11.9. The second kappa shape index (κ2) is 7.32. The van der Waals surface area contributed by atoms with E-state index in [9.17, 15) is 4.39 Å². The zero-order valence-corrected chi connectivity index (χ0v) is 15.5. The highest BCUT2D eigenvalue weighted by Crippen LogP contribution is 2.38. The van der Waals surface area contributed by atoms with Crippen LogP contribution in [0.3, 0.4) is 0 Å². The molecule has 3 aromatic carbocycles. The third kappa shape index (κ3) is 4.43. The first kappa shape index (κ1) is 17.6. The van der Waals surface area contributed by atoms with E-state index < -0.39 is 5.60 Å². The maximum atomic E-state index is 13.9. The molecule has 0 aromatic heterocycles. The fourth-order valence-corrected chi connectivity index (χ4v) is 4.71. The Morgan fingerprint density at radius 3 is 1.76 bits per heavy atom. The van der Waals surface area contributed by atoms with Gasteiger partial charge in [-0.25, -0.2) is 4.39 Å². The fraction of sp³-hybridized carbons (Fsp3) is 0.182. The van der Waals surface area contributed by atoms with Gasteiger partial charge in [0.1, 0.15) is 22.3 Å². The number of hydrogen-bond donors (Lipinski definition) is 0. The molecule has 3 rings (SSSR count). The van der Waals surface area contributed by atoms with E-state index in [4.69, 9.17) is 4.74 Å². The zero-order valence-electron chi connectivity index (χ0n) is 14.7. The van der Waals surface area contributed by atoms with Crippen LogP contribution in [0.4, 0.5) is 4.39 Å². The number of hydrogen-bond acceptors (Lipinski definition) is 1. The number of benzene rings is 3. The second-order valence-corrected chi connectivity index (χ2v) is 8.73. The van der Waals surface area contributed by atoms with Gasteiger partial charge in [-0.3, -0.25) is 0 Å². The maximum Gasteiger partial charge on any atom is 0.208 e. The van der Waals surface area contributed by atoms with Crippen LogP contribution in [0.2, 0.25) is 0 Å². The molecule has 3 heteroatoms. The van der Waals surface area contributed by atoms with Gasteiger partial charge in [-0.15, -0.1) is 0 Å². The van der Waals surface area contributed by atoms with Crippen molar-refractivity contribution in [3.05, 3.63) is 84.7 Å². The molecule has 0 aliphatic carbocycles. The summed E-state index contributed by atoms with van der Waals surface area (Å²) in [7, 11) is -0.361. The molecule has 0 aliphatic rings. The molecule has 0 saturated heterocycles. The van der Waals surface area contributed by atoms with E-state index in [0.29, 0.717) is 5.75 Å². The van der Waals surface area contributed by atoms with Crippen LogP contribution < -0.4 is 4.74 Å². The molecule has 0 N–H and O–H groups in total. The van der Waals surface area contributed by atoms with Crippen LogP contribution in [0.25, 0.3) is 0 Å². The van der Waals surface area contributed by atoms with E-state index in [1.807, 2.05) is 63.2 Å². The Kier molecular flexibility index (Phi) is 5.14. The summed E-state index contributed by atoms with van der Waals surface area (Å²) in [5, 5.41) is 0. The van der Waals surface area contributed by atoms with Crippen LogP contribution in [0.15, 0.2) is 93.5 Å². The molecular weight excluding hydrogens is 331 g/mol. The summed E-state index contributed by atoms with van der Waals surface area (Å²) in [6.07, 6.45) is 0. The van der Waals surface area contributed by atoms with Crippen LogP contribution in [0, 0.1) is 5.82 Å². The summed E-state index contributed by atoms with van der Waals surface area (Å²) in [5.74, 6) is 0.316. The lowest BCUT2D eigenvalue weighted by molar-refractivity contribution is 0.126. The molecular formula is C22H22FOS+. The minimum atomic E-state index is -0.398. The molecule has 0 fully saturated rings. The lowest BCUT2D eigenvalue weighted by Crippen LogP contribution is -2.24. The normalized spacial score (nSPS) is 11.6. The van der Waals surface area contributed by atoms with Gasteiger partial charge in [0.2, 0.25) is 4.90 Å². The summed E-state index contributed by atoms with van der Waals surface area (Å²) in [4.78, 5) is 3.35. The largest absolute Gasteiger partial charge is 0.483 e. The Labute approximate surface area is 151 Å². The van der Waals surface area contributed by atoms with Crippen LogP contribution in [0.5, 0.6) is 5.75 Å². The Bertz CT molecular complexity index is 786. The molecule has 3 aromatic rings. The van der Waals surface area contributed by atoms with Crippen molar-refractivity contribution >= 4 is 10.9 Å². The van der Waals surface area contributed by atoms with Crippen molar-refractivity contribution in [3.63, 3.8) is 0 Å². The Hall–Kier alpha value is -2.26. The average molecular weight is 353 g/mol. The molecule has 0 aliphatic heterocycles. The van der Waals surface area contributed by atoms with Gasteiger partial charge in [0.05, 0.1) is 0 Å². The van der Waals surface area contributed by atoms with Gasteiger partial charge < -0.3 is 4.74 Å². The van der Waals surface area contributed by atoms with Crippen molar-refractivity contribution < 1.29 is 9.13 Å². The quantitative estimate of drug-likeness (QED) is 0.515. The lowest BCUT2D eigenvalue weighted by Gasteiger charge is -2.22. The van der Waals surface area contributed by atoms with Crippen molar-refractivity contribution in [2.24, 2.45) is 0 Å². The summed E-state index contributed by atoms with van der Waals surface area (Å²) in [6, 6.07) is 25.4. The lowest BCUT2D eigenvalue weighted by atomic mass is 10.2. The minimum absolute atomic E-state index is 0.285. The smallest absolute Gasteiger partial charge is 0.208 e. The van der Waals surface area contributed by atoms with Gasteiger partial charge >= 0.3 is 0 Å². The highest BCUT2D eigenvalue weighted by atomic mass is 32.2. The molecule has 0 spiro atoms. The SMILES string of the molecule is CC(C)(C)Oc1cc(F)ccc1[S+](c1ccccc1)c1ccccc1. The van der Waals surface area contributed by atoms with E-state index in [1.165, 1.54) is 21.9 Å². The Morgan fingerprint density at radius 1 is 0.760 bits per heavy atom. The summed E-state index contributed by atoms with van der Waals surface area (Å²) in [6.45, 7) is 5.93. The van der Waals surface area contributed by atoms with Crippen molar-refractivity contribution in [3.8, 4) is 5.75 Å². The molecule has 0 unspecified atom stereocenters. The van der Waals surface area contributed by atoms with Crippen LogP contribution in [-0.2, 0) is 10.9 Å². The maximum absolute atomic E-state index is 13.9. The minimum Gasteiger partial charge on any atom is -0.483 e. The summed E-state index contributed by atoms with van der Waals surface area (Å²) >= 11 is 0. The Morgan fingerprint density at radius 2 is 1.28 bits per heavy atom. The van der Waals surface area contributed by atoms with Crippen molar-refractivity contribution in [2.45, 2.75) is 41.1 Å². The molecule has 1 nitrogen and oxygen atoms in total. The first-order valence-electron chi connectivity index (χ1n) is 8.27. The average Bonchev–Trinajstić information content (AvgIpc) is 2.58. The topological polar surface area (TPSA) is 9.23 Å². The number of halogens is 1. The molecule has 25 heavy (non-hydrogen) atoms. The third-order valence-electron chi connectivity index (χ3n) is 3.50. The molecule has 0 bridgehead atoms. The molecule has 0 radical (unpaired) electrons. The van der Waals surface area contributed by atoms with E-state index in [0.717, 1.165) is 4.90 Å². The van der Waals surface area contributed by atoms with Crippen molar-refractivity contribution in [1.29, 1.82) is 0 Å². The zero-order chi connectivity index (χ0) is 17.9. The van der Waals surface area contributed by atoms with Gasteiger partial charge in [0.15, 0.2) is 15.5 Å². The van der Waals surface area contributed by atoms with Crippen LogP contribution >= 0.6 is 0 Å². The number of rotatable bonds is 4. The van der Waals surface area contributed by atoms with E-state index in [2.05, 4.69) is 24.3 Å². The fourth-order valence-electron chi connectivity index (χ4n) is 2.56. The van der Waals surface area contributed by atoms with Gasteiger partial charge in [-0.1, -0.05) is 36.4 Å². The van der Waals surface area contributed by atoms with Gasteiger partial charge in [0, 0.05) is 12.1 Å². The Balaban J connectivity index is 2.17. The number of ether oxygens (including phenoxy) is 1. The summed E-state index contributed by atoms with van der Waals surface area (Å²) in [5.41, 5.74) is -0.398. The second-order valence-electron chi connectivity index (χ2n) is 6.74. The molecule has 0 heterocycles. The highest BCUT2D eigenvalue weighted by Gasteiger charge is 2.33. The molecule has 0 atom stereocenters. The van der Waals surface area contributed by atoms with Crippen LogP contribution in [-0.4, -0.2) is 5.60 Å². The molecule has 0 amide bonds. The predicted octanol–water partition coefficient (Wildman–Crippen LogP) is 6.10. The predicted molar refractivity (Wildman–Crippen MR) is 102 cm³/mol. The van der Waals surface area contributed by atoms with Crippen LogP contribution in [0.1, 0.15) is 20.8 Å². The van der Waals surface area contributed by atoms with Gasteiger partial charge in [-0.2, -0.15) is 0 Å². The standard InChI is InChI=1S/C22H22FOS/c1-22(2,3)24-20-16-17(23)14-15-21(20)25(18-10-6-4-7-11-18)19-12-8-5-9-13-19/h4-16H,1-3H3/q+1. The van der Waals surface area contributed by atoms with E-state index in [-0.39, 0.29) is 16.7 Å². The van der Waals surface area contributed by atoms with E-state index >= 15 is 0 Å². The molecule has 0 saturated carbocycles. The monoisotopic (exact) mass is 353 g/mol. The van der Waals surface area contributed by atoms with E-state index in [1.54, 1.807) is 0 Å². The highest BCUT2D eigenvalue weighted by molar-refractivity contribution is 7.97. The van der Waals surface area contributed by atoms with Crippen molar-refractivity contribution in [2.75, 3.05) is 0 Å². The summed E-state index contributed by atoms with van der Waals surface area (Å²) < 4.78 is 20.0. The van der Waals surface area contributed by atoms with Gasteiger partial charge in [-0.05, 0) is 51.1 Å². The molecule has 128 valence electrons. The van der Waals surface area contributed by atoms with Gasteiger partial charge in [0.25, 0.3) is 0 Å². The third-order valence-corrected chi connectivity index (χ3v) is 5.76.